The van der Waals surface area contributed by atoms with Gasteiger partial charge in [0.2, 0.25) is 5.91 Å². The van der Waals surface area contributed by atoms with Crippen molar-refractivity contribution in [3.63, 3.8) is 0 Å². The van der Waals surface area contributed by atoms with Crippen LogP contribution in [-0.4, -0.2) is 34.8 Å². The first-order valence-electron chi connectivity index (χ1n) is 5.97. The number of benzene rings is 1. The van der Waals surface area contributed by atoms with Crippen LogP contribution in [0.1, 0.15) is 6.92 Å². The Hall–Kier alpha value is -0.370. The number of para-hydroxylation sites is 1. The molecule has 1 fully saturated rings. The van der Waals surface area contributed by atoms with Crippen LogP contribution in [0, 0.1) is 0 Å². The lowest BCUT2D eigenvalue weighted by atomic mass is 10.2. The van der Waals surface area contributed by atoms with Crippen molar-refractivity contribution in [3.05, 3.63) is 30.3 Å². The van der Waals surface area contributed by atoms with Crippen molar-refractivity contribution in [2.45, 2.75) is 22.5 Å². The number of anilines is 1. The molecule has 104 valence electrons. The second-order valence-electron chi connectivity index (χ2n) is 4.24. The third-order valence-electron chi connectivity index (χ3n) is 2.84. The fourth-order valence-electron chi connectivity index (χ4n) is 1.84. The van der Waals surface area contributed by atoms with E-state index in [1.165, 1.54) is 0 Å². The van der Waals surface area contributed by atoms with Crippen LogP contribution in [0.5, 0.6) is 0 Å². The number of carbonyl (C=O) groups is 1. The standard InChI is InChI=1S/C13H15ClINO3/c1-9(14)13(17)16(10-5-3-2-4-6-10)7-11-12(15)19-8-18-11/h2-6,9,11-12H,7-8H2,1H3. The molecule has 0 N–H and O–H groups in total. The molecular weight excluding hydrogens is 381 g/mol. The summed E-state index contributed by atoms with van der Waals surface area (Å²) in [5.74, 6) is -0.132. The van der Waals surface area contributed by atoms with E-state index in [0.29, 0.717) is 6.54 Å². The minimum atomic E-state index is -0.574. The van der Waals surface area contributed by atoms with Gasteiger partial charge in [0.15, 0.2) is 0 Å². The second kappa shape index (κ2) is 6.88. The van der Waals surface area contributed by atoms with E-state index in [9.17, 15) is 4.79 Å². The van der Waals surface area contributed by atoms with Crippen LogP contribution in [-0.2, 0) is 14.3 Å². The zero-order valence-corrected chi connectivity index (χ0v) is 13.4. The van der Waals surface area contributed by atoms with E-state index in [-0.39, 0.29) is 22.9 Å². The summed E-state index contributed by atoms with van der Waals surface area (Å²) in [6, 6.07) is 9.46. The molecule has 1 amide bonds. The molecule has 0 bridgehead atoms. The highest BCUT2D eigenvalue weighted by molar-refractivity contribution is 14.1. The van der Waals surface area contributed by atoms with Crippen molar-refractivity contribution in [1.29, 1.82) is 0 Å². The maximum atomic E-state index is 12.2. The smallest absolute Gasteiger partial charge is 0.244 e. The Labute approximate surface area is 131 Å². The predicted octanol–water partition coefficient (Wildman–Crippen LogP) is 2.78. The molecule has 1 saturated heterocycles. The van der Waals surface area contributed by atoms with Gasteiger partial charge in [0, 0.05) is 5.69 Å². The molecule has 1 heterocycles. The van der Waals surface area contributed by atoms with Crippen molar-refractivity contribution in [1.82, 2.24) is 0 Å². The Balaban J connectivity index is 2.17. The monoisotopic (exact) mass is 395 g/mol. The molecule has 0 radical (unpaired) electrons. The molecule has 3 unspecified atom stereocenters. The maximum Gasteiger partial charge on any atom is 0.244 e. The van der Waals surface area contributed by atoms with Gasteiger partial charge in [-0.3, -0.25) is 4.79 Å². The molecule has 0 spiro atoms. The van der Waals surface area contributed by atoms with Gasteiger partial charge in [-0.2, -0.15) is 0 Å². The highest BCUT2D eigenvalue weighted by Gasteiger charge is 2.31. The summed E-state index contributed by atoms with van der Waals surface area (Å²) in [7, 11) is 0. The highest BCUT2D eigenvalue weighted by atomic mass is 127. The number of amides is 1. The number of alkyl halides is 2. The van der Waals surface area contributed by atoms with E-state index >= 15 is 0 Å². The van der Waals surface area contributed by atoms with Gasteiger partial charge in [0.05, 0.1) is 6.54 Å². The first-order valence-corrected chi connectivity index (χ1v) is 7.65. The van der Waals surface area contributed by atoms with Crippen LogP contribution in [0.25, 0.3) is 0 Å². The van der Waals surface area contributed by atoms with E-state index in [1.807, 2.05) is 30.3 Å². The Bertz CT molecular complexity index is 429. The van der Waals surface area contributed by atoms with Gasteiger partial charge >= 0.3 is 0 Å². The van der Waals surface area contributed by atoms with Crippen molar-refractivity contribution in [3.8, 4) is 0 Å². The van der Waals surface area contributed by atoms with Crippen LogP contribution in [0.2, 0.25) is 0 Å². The van der Waals surface area contributed by atoms with Crippen molar-refractivity contribution in [2.24, 2.45) is 0 Å². The van der Waals surface area contributed by atoms with Crippen molar-refractivity contribution < 1.29 is 14.3 Å². The lowest BCUT2D eigenvalue weighted by molar-refractivity contribution is -0.118. The van der Waals surface area contributed by atoms with Crippen LogP contribution in [0.15, 0.2) is 30.3 Å². The number of nitrogens with zero attached hydrogens (tertiary/aromatic N) is 1. The molecule has 6 heteroatoms. The Morgan fingerprint density at radius 2 is 2.16 bits per heavy atom. The average Bonchev–Trinajstić information content (AvgIpc) is 2.81. The van der Waals surface area contributed by atoms with E-state index in [2.05, 4.69) is 22.6 Å². The van der Waals surface area contributed by atoms with Gasteiger partial charge in [-0.05, 0) is 41.6 Å². The van der Waals surface area contributed by atoms with Crippen LogP contribution < -0.4 is 4.90 Å². The Morgan fingerprint density at radius 3 is 2.68 bits per heavy atom. The quantitative estimate of drug-likeness (QED) is 0.581. The molecular formula is C13H15ClINO3. The second-order valence-corrected chi connectivity index (χ2v) is 6.12. The van der Waals surface area contributed by atoms with Crippen molar-refractivity contribution in [2.75, 3.05) is 18.2 Å². The molecule has 1 aromatic carbocycles. The predicted molar refractivity (Wildman–Crippen MR) is 82.7 cm³/mol. The van der Waals surface area contributed by atoms with Crippen LogP contribution in [0.3, 0.4) is 0 Å². The molecule has 1 aromatic rings. The number of carbonyl (C=O) groups excluding carboxylic acids is 1. The van der Waals surface area contributed by atoms with E-state index in [1.54, 1.807) is 11.8 Å². The number of halogens is 2. The molecule has 1 aliphatic heterocycles. The first kappa shape index (κ1) is 15.0. The number of rotatable bonds is 4. The zero-order valence-electron chi connectivity index (χ0n) is 10.5. The number of hydrogen-bond acceptors (Lipinski definition) is 3. The normalized spacial score (nSPS) is 24.2. The van der Waals surface area contributed by atoms with Gasteiger partial charge in [-0.25, -0.2) is 0 Å². The number of hydrogen-bond donors (Lipinski definition) is 0. The highest BCUT2D eigenvalue weighted by Crippen LogP contribution is 2.23. The summed E-state index contributed by atoms with van der Waals surface area (Å²) in [5, 5.41) is -0.574. The third kappa shape index (κ3) is 3.81. The summed E-state index contributed by atoms with van der Waals surface area (Å²) in [6.07, 6.45) is -0.139. The van der Waals surface area contributed by atoms with Crippen LogP contribution in [0.4, 0.5) is 5.69 Å². The SMILES string of the molecule is CC(Cl)C(=O)N(CC1OCOC1I)c1ccccc1. The van der Waals surface area contributed by atoms with Gasteiger partial charge in [-0.1, -0.05) is 18.2 Å². The van der Waals surface area contributed by atoms with Gasteiger partial charge in [-0.15, -0.1) is 11.6 Å². The first-order chi connectivity index (χ1) is 9.09. The minimum absolute atomic E-state index is 0.0535. The van der Waals surface area contributed by atoms with Gasteiger partial charge in [0.25, 0.3) is 0 Å². The summed E-state index contributed by atoms with van der Waals surface area (Å²) >= 11 is 8.10. The summed E-state index contributed by atoms with van der Waals surface area (Å²) in [5.41, 5.74) is 0.819. The molecule has 4 nitrogen and oxygen atoms in total. The summed E-state index contributed by atoms with van der Waals surface area (Å²) < 4.78 is 10.8. The zero-order chi connectivity index (χ0) is 13.8. The molecule has 0 aliphatic carbocycles. The van der Waals surface area contributed by atoms with Gasteiger partial charge in [0.1, 0.15) is 22.4 Å². The van der Waals surface area contributed by atoms with E-state index in [0.717, 1.165) is 5.69 Å². The molecule has 19 heavy (non-hydrogen) atoms. The lowest BCUT2D eigenvalue weighted by Gasteiger charge is -2.27. The van der Waals surface area contributed by atoms with E-state index < -0.39 is 5.38 Å². The average molecular weight is 396 g/mol. The Kier molecular flexibility index (Phi) is 5.44. The lowest BCUT2D eigenvalue weighted by Crippen LogP contribution is -2.42. The third-order valence-corrected chi connectivity index (χ3v) is 4.19. The molecule has 3 atom stereocenters. The Morgan fingerprint density at radius 1 is 1.47 bits per heavy atom. The van der Waals surface area contributed by atoms with Crippen molar-refractivity contribution >= 4 is 45.8 Å². The number of ether oxygens (including phenoxy) is 2. The fourth-order valence-corrected chi connectivity index (χ4v) is 2.54. The molecule has 1 aliphatic rings. The van der Waals surface area contributed by atoms with E-state index in [4.69, 9.17) is 21.1 Å². The molecule has 2 rings (SSSR count). The largest absolute Gasteiger partial charge is 0.347 e. The topological polar surface area (TPSA) is 38.8 Å². The fraction of sp³-hybridized carbons (Fsp3) is 0.462. The summed E-state index contributed by atoms with van der Waals surface area (Å²) in [4.78, 5) is 13.9. The molecule has 0 aromatic heterocycles. The maximum absolute atomic E-state index is 12.2. The van der Waals surface area contributed by atoms with Crippen LogP contribution >= 0.6 is 34.2 Å². The summed E-state index contributed by atoms with van der Waals surface area (Å²) in [6.45, 7) is 2.38. The minimum Gasteiger partial charge on any atom is -0.347 e. The molecule has 0 saturated carbocycles. The van der Waals surface area contributed by atoms with Gasteiger partial charge < -0.3 is 14.4 Å².